The first kappa shape index (κ1) is 24.0. The molecule has 2 saturated carbocycles. The number of aliphatic imine (C=N–C) groups is 1. The first-order valence-corrected chi connectivity index (χ1v) is 11.5. The number of hydrogen-bond donors (Lipinski definition) is 2. The number of ether oxygens (including phenoxy) is 1. The van der Waals surface area contributed by atoms with Crippen LogP contribution in [-0.4, -0.2) is 40.8 Å². The topological polar surface area (TPSA) is 63.5 Å². The average Bonchev–Trinajstić information content (AvgIpc) is 3.43. The number of rotatable bonds is 8. The third-order valence-corrected chi connectivity index (χ3v) is 6.72. The van der Waals surface area contributed by atoms with Crippen LogP contribution in [0.2, 0.25) is 0 Å². The molecule has 2 unspecified atom stereocenters. The summed E-state index contributed by atoms with van der Waals surface area (Å²) in [6, 6.07) is 10.9. The van der Waals surface area contributed by atoms with Gasteiger partial charge < -0.3 is 19.9 Å². The Morgan fingerprint density at radius 1 is 1.23 bits per heavy atom. The number of halogens is 1. The van der Waals surface area contributed by atoms with E-state index in [0.29, 0.717) is 18.7 Å². The van der Waals surface area contributed by atoms with Gasteiger partial charge in [0.25, 0.3) is 0 Å². The van der Waals surface area contributed by atoms with E-state index in [-0.39, 0.29) is 29.4 Å². The largest absolute Gasteiger partial charge is 0.378 e. The highest BCUT2D eigenvalue weighted by Gasteiger charge is 2.56. The first-order valence-electron chi connectivity index (χ1n) is 11.5. The summed E-state index contributed by atoms with van der Waals surface area (Å²) in [5, 5.41) is 7.16. The van der Waals surface area contributed by atoms with Gasteiger partial charge in [-0.25, -0.2) is 9.98 Å². The minimum atomic E-state index is 0. The van der Waals surface area contributed by atoms with Gasteiger partial charge in [-0.15, -0.1) is 24.0 Å². The van der Waals surface area contributed by atoms with Crippen LogP contribution < -0.4 is 10.6 Å². The highest BCUT2D eigenvalue weighted by molar-refractivity contribution is 14.0. The van der Waals surface area contributed by atoms with Crippen LogP contribution >= 0.6 is 24.0 Å². The van der Waals surface area contributed by atoms with Gasteiger partial charge in [0.15, 0.2) is 5.96 Å². The number of guanidine groups is 1. The van der Waals surface area contributed by atoms with Crippen molar-refractivity contribution in [3.8, 4) is 0 Å². The number of nitrogens with one attached hydrogen (secondary N) is 2. The zero-order valence-corrected chi connectivity index (χ0v) is 21.0. The average molecular weight is 537 g/mol. The van der Waals surface area contributed by atoms with E-state index in [4.69, 9.17) is 9.73 Å². The summed E-state index contributed by atoms with van der Waals surface area (Å²) in [5.74, 6) is 1.87. The highest BCUT2D eigenvalue weighted by Crippen LogP contribution is 2.54. The molecule has 2 atom stereocenters. The van der Waals surface area contributed by atoms with E-state index in [2.05, 4.69) is 58.3 Å². The van der Waals surface area contributed by atoms with Gasteiger partial charge in [0, 0.05) is 43.5 Å². The molecule has 31 heavy (non-hydrogen) atoms. The zero-order chi connectivity index (χ0) is 20.8. The van der Waals surface area contributed by atoms with Gasteiger partial charge in [-0.05, 0) is 38.7 Å². The van der Waals surface area contributed by atoms with E-state index in [9.17, 15) is 0 Å². The number of imidazole rings is 1. The van der Waals surface area contributed by atoms with Gasteiger partial charge in [0.05, 0.1) is 6.10 Å². The normalized spacial score (nSPS) is 22.1. The van der Waals surface area contributed by atoms with Gasteiger partial charge in [0.2, 0.25) is 0 Å². The molecule has 0 bridgehead atoms. The summed E-state index contributed by atoms with van der Waals surface area (Å²) in [6.07, 6.45) is 10.5. The summed E-state index contributed by atoms with van der Waals surface area (Å²) in [4.78, 5) is 9.42. The maximum atomic E-state index is 6.06. The minimum Gasteiger partial charge on any atom is -0.378 e. The van der Waals surface area contributed by atoms with Crippen molar-refractivity contribution in [1.29, 1.82) is 0 Å². The molecule has 1 aromatic heterocycles. The van der Waals surface area contributed by atoms with Crippen LogP contribution in [0.15, 0.2) is 47.7 Å². The molecule has 1 spiro atoms. The monoisotopic (exact) mass is 537 g/mol. The molecule has 170 valence electrons. The van der Waals surface area contributed by atoms with Crippen molar-refractivity contribution in [2.75, 3.05) is 13.2 Å². The van der Waals surface area contributed by atoms with Gasteiger partial charge in [0.1, 0.15) is 12.4 Å². The maximum Gasteiger partial charge on any atom is 0.191 e. The van der Waals surface area contributed by atoms with Crippen LogP contribution in [0.5, 0.6) is 0 Å². The standard InChI is InChI=1S/C24H35N5O.HI/c1-3-25-23(28-20-16-21(30-4-2)24(20)12-8-9-13-24)27-17-22-26-14-15-29(22)18-19-10-6-5-7-11-19;/h5-7,10-11,14-15,20-21H,3-4,8-9,12-13,16-18H2,1-2H3,(H2,25,27,28);1H. The quantitative estimate of drug-likeness (QED) is 0.299. The van der Waals surface area contributed by atoms with E-state index in [1.807, 2.05) is 18.5 Å². The second kappa shape index (κ2) is 11.3. The lowest BCUT2D eigenvalue weighted by molar-refractivity contribution is -0.125. The Morgan fingerprint density at radius 2 is 2.00 bits per heavy atom. The second-order valence-electron chi connectivity index (χ2n) is 8.47. The molecule has 1 heterocycles. The lowest BCUT2D eigenvalue weighted by Gasteiger charge is -2.54. The van der Waals surface area contributed by atoms with E-state index in [1.165, 1.54) is 31.2 Å². The molecule has 2 N–H and O–H groups in total. The molecule has 4 rings (SSSR count). The number of benzene rings is 1. The van der Waals surface area contributed by atoms with Crippen molar-refractivity contribution in [3.05, 3.63) is 54.1 Å². The number of hydrogen-bond acceptors (Lipinski definition) is 3. The Kier molecular flexibility index (Phi) is 8.77. The summed E-state index contributed by atoms with van der Waals surface area (Å²) >= 11 is 0. The number of nitrogens with zero attached hydrogens (tertiary/aromatic N) is 3. The zero-order valence-electron chi connectivity index (χ0n) is 18.7. The van der Waals surface area contributed by atoms with Gasteiger partial charge in [-0.2, -0.15) is 0 Å². The summed E-state index contributed by atoms with van der Waals surface area (Å²) in [6.45, 7) is 7.24. The van der Waals surface area contributed by atoms with Crippen molar-refractivity contribution in [2.24, 2.45) is 10.4 Å². The van der Waals surface area contributed by atoms with Crippen molar-refractivity contribution < 1.29 is 4.74 Å². The third-order valence-electron chi connectivity index (χ3n) is 6.72. The highest BCUT2D eigenvalue weighted by atomic mass is 127. The molecular weight excluding hydrogens is 501 g/mol. The van der Waals surface area contributed by atoms with Crippen molar-refractivity contribution in [3.63, 3.8) is 0 Å². The molecule has 6 nitrogen and oxygen atoms in total. The fraction of sp³-hybridized carbons (Fsp3) is 0.583. The Morgan fingerprint density at radius 3 is 2.71 bits per heavy atom. The molecule has 2 aliphatic rings. The summed E-state index contributed by atoms with van der Waals surface area (Å²) in [7, 11) is 0. The maximum absolute atomic E-state index is 6.06. The van der Waals surface area contributed by atoms with E-state index < -0.39 is 0 Å². The molecule has 2 fully saturated rings. The Bertz CT molecular complexity index is 832. The van der Waals surface area contributed by atoms with Crippen LogP contribution in [-0.2, 0) is 17.8 Å². The van der Waals surface area contributed by atoms with Gasteiger partial charge >= 0.3 is 0 Å². The fourth-order valence-corrected chi connectivity index (χ4v) is 5.14. The Balaban J connectivity index is 0.00000272. The van der Waals surface area contributed by atoms with Crippen molar-refractivity contribution in [1.82, 2.24) is 20.2 Å². The van der Waals surface area contributed by atoms with Crippen LogP contribution in [0, 0.1) is 5.41 Å². The molecule has 0 aliphatic heterocycles. The fourth-order valence-electron chi connectivity index (χ4n) is 5.14. The molecular formula is C24H36IN5O. The van der Waals surface area contributed by atoms with E-state index >= 15 is 0 Å². The molecule has 2 aliphatic carbocycles. The minimum absolute atomic E-state index is 0. The van der Waals surface area contributed by atoms with Crippen molar-refractivity contribution in [2.45, 2.75) is 71.2 Å². The van der Waals surface area contributed by atoms with Crippen LogP contribution in [0.1, 0.15) is 57.3 Å². The number of aromatic nitrogens is 2. The Labute approximate surface area is 203 Å². The van der Waals surface area contributed by atoms with E-state index in [1.54, 1.807) is 0 Å². The SMILES string of the molecule is CCNC(=NCc1nccn1Cc1ccccc1)NC1CC(OCC)C12CCCC2.I. The summed E-state index contributed by atoms with van der Waals surface area (Å²) < 4.78 is 8.24. The molecule has 0 amide bonds. The second-order valence-corrected chi connectivity index (χ2v) is 8.47. The van der Waals surface area contributed by atoms with Crippen molar-refractivity contribution >= 4 is 29.9 Å². The first-order chi connectivity index (χ1) is 14.7. The molecule has 7 heteroatoms. The molecule has 0 radical (unpaired) electrons. The predicted molar refractivity (Wildman–Crippen MR) is 136 cm³/mol. The van der Waals surface area contributed by atoms with E-state index in [0.717, 1.165) is 37.9 Å². The Hall–Kier alpha value is -1.61. The molecule has 1 aromatic carbocycles. The molecule has 0 saturated heterocycles. The third kappa shape index (κ3) is 5.42. The van der Waals surface area contributed by atoms with Crippen LogP contribution in [0.3, 0.4) is 0 Å². The van der Waals surface area contributed by atoms with Crippen LogP contribution in [0.25, 0.3) is 0 Å². The predicted octanol–water partition coefficient (Wildman–Crippen LogP) is 4.34. The van der Waals surface area contributed by atoms with Gasteiger partial charge in [-0.1, -0.05) is 43.2 Å². The van der Waals surface area contributed by atoms with Gasteiger partial charge in [-0.3, -0.25) is 0 Å². The lowest BCUT2D eigenvalue weighted by Crippen LogP contribution is -2.65. The molecule has 2 aromatic rings. The van der Waals surface area contributed by atoms with Crippen LogP contribution in [0.4, 0.5) is 0 Å². The smallest absolute Gasteiger partial charge is 0.191 e. The lowest BCUT2D eigenvalue weighted by atomic mass is 9.60. The summed E-state index contributed by atoms with van der Waals surface area (Å²) in [5.41, 5.74) is 1.56.